The lowest BCUT2D eigenvalue weighted by Crippen LogP contribution is -2.29. The Bertz CT molecular complexity index is 826. The van der Waals surface area contributed by atoms with E-state index in [9.17, 15) is 0 Å². The molecule has 1 aromatic heterocycles. The summed E-state index contributed by atoms with van der Waals surface area (Å²) >= 11 is 0. The lowest BCUT2D eigenvalue weighted by Gasteiger charge is -2.21. The molecule has 0 atom stereocenters. The molecule has 1 heterocycles. The molecule has 0 aliphatic carbocycles. The van der Waals surface area contributed by atoms with Gasteiger partial charge in [0.1, 0.15) is 0 Å². The predicted octanol–water partition coefficient (Wildman–Crippen LogP) is 1.81. The van der Waals surface area contributed by atoms with Crippen LogP contribution in [-0.4, -0.2) is 42.3 Å². The topological polar surface area (TPSA) is 54.5 Å². The van der Waals surface area contributed by atoms with Gasteiger partial charge in [0.25, 0.3) is 0 Å². The molecule has 0 saturated carbocycles. The first-order valence-electron chi connectivity index (χ1n) is 9.19. The van der Waals surface area contributed by atoms with Crippen LogP contribution < -0.4 is 16.2 Å². The van der Waals surface area contributed by atoms with Crippen molar-refractivity contribution < 1.29 is 0 Å². The third-order valence-corrected chi connectivity index (χ3v) is 4.34. The zero-order valence-electron chi connectivity index (χ0n) is 16.0. The summed E-state index contributed by atoms with van der Waals surface area (Å²) in [7, 11) is 0. The van der Waals surface area contributed by atoms with E-state index in [4.69, 9.17) is 5.73 Å². The van der Waals surface area contributed by atoms with Crippen LogP contribution in [0.15, 0.2) is 41.5 Å². The first kappa shape index (κ1) is 20.0. The number of nitrogens with two attached hydrogens (primary N) is 1. The third-order valence-electron chi connectivity index (χ3n) is 4.34. The van der Waals surface area contributed by atoms with Crippen molar-refractivity contribution in [2.45, 2.75) is 26.8 Å². The fourth-order valence-electron chi connectivity index (χ4n) is 2.81. The maximum absolute atomic E-state index is 5.69. The van der Waals surface area contributed by atoms with Crippen molar-refractivity contribution in [2.75, 3.05) is 26.2 Å². The van der Waals surface area contributed by atoms with Crippen LogP contribution in [0.2, 0.25) is 0 Å². The van der Waals surface area contributed by atoms with Crippen LogP contribution in [0.5, 0.6) is 0 Å². The molecule has 2 rings (SSSR count). The first-order valence-corrected chi connectivity index (χ1v) is 9.19. The van der Waals surface area contributed by atoms with Crippen LogP contribution in [0.25, 0.3) is 12.7 Å². The van der Waals surface area contributed by atoms with Crippen molar-refractivity contribution in [1.82, 2.24) is 9.88 Å². The highest BCUT2D eigenvalue weighted by atomic mass is 15.1. The van der Waals surface area contributed by atoms with Gasteiger partial charge in [-0.1, -0.05) is 36.9 Å². The van der Waals surface area contributed by atoms with Gasteiger partial charge in [-0.3, -0.25) is 14.9 Å². The monoisotopic (exact) mass is 350 g/mol. The van der Waals surface area contributed by atoms with E-state index in [1.807, 2.05) is 42.8 Å². The average Bonchev–Trinajstić information content (AvgIpc) is 2.62. The predicted molar refractivity (Wildman–Crippen MR) is 112 cm³/mol. The molecule has 138 valence electrons. The summed E-state index contributed by atoms with van der Waals surface area (Å²) in [6.07, 6.45) is 6.81. The number of aliphatic imine (C=N–C) groups is 1. The van der Waals surface area contributed by atoms with Gasteiger partial charge >= 0.3 is 0 Å². The largest absolute Gasteiger partial charge is 0.330 e. The number of rotatable bonds is 9. The Morgan fingerprint density at radius 3 is 2.77 bits per heavy atom. The summed E-state index contributed by atoms with van der Waals surface area (Å²) in [5.41, 5.74) is 9.27. The number of hydrogen-bond acceptors (Lipinski definition) is 4. The van der Waals surface area contributed by atoms with Gasteiger partial charge in [0.05, 0.1) is 12.2 Å². The second kappa shape index (κ2) is 10.6. The molecule has 0 spiro atoms. The SMILES string of the molecule is C=c1cccc/c1=C/C=NCCN(CCCN)Cc1ncc(C)cc1C. The fraction of sp³-hybridized carbons (Fsp3) is 0.364. The summed E-state index contributed by atoms with van der Waals surface area (Å²) in [5, 5.41) is 2.13. The normalized spacial score (nSPS) is 12.4. The van der Waals surface area contributed by atoms with Gasteiger partial charge in [-0.15, -0.1) is 0 Å². The molecule has 0 aliphatic rings. The summed E-state index contributed by atoms with van der Waals surface area (Å²) in [6.45, 7) is 12.4. The van der Waals surface area contributed by atoms with Crippen LogP contribution in [0.4, 0.5) is 0 Å². The van der Waals surface area contributed by atoms with E-state index in [1.54, 1.807) is 0 Å². The molecule has 0 amide bonds. The molecule has 0 fully saturated rings. The molecular formula is C22H30N4. The van der Waals surface area contributed by atoms with E-state index in [2.05, 4.69) is 41.4 Å². The highest BCUT2D eigenvalue weighted by Gasteiger charge is 2.08. The number of aryl methyl sites for hydroxylation is 2. The molecule has 0 bridgehead atoms. The van der Waals surface area contributed by atoms with Crippen LogP contribution in [0.3, 0.4) is 0 Å². The minimum absolute atomic E-state index is 0.703. The molecule has 2 N–H and O–H groups in total. The van der Waals surface area contributed by atoms with Crippen LogP contribution in [0.1, 0.15) is 23.2 Å². The van der Waals surface area contributed by atoms with E-state index >= 15 is 0 Å². The Morgan fingerprint density at radius 1 is 1.23 bits per heavy atom. The van der Waals surface area contributed by atoms with Crippen molar-refractivity contribution >= 4 is 18.9 Å². The van der Waals surface area contributed by atoms with Gasteiger partial charge in [-0.05, 0) is 61.0 Å². The lowest BCUT2D eigenvalue weighted by atomic mass is 10.1. The zero-order valence-corrected chi connectivity index (χ0v) is 16.0. The van der Waals surface area contributed by atoms with Gasteiger partial charge in [-0.2, -0.15) is 0 Å². The third kappa shape index (κ3) is 6.54. The van der Waals surface area contributed by atoms with Crippen molar-refractivity contribution in [3.05, 3.63) is 63.8 Å². The number of nitrogens with zero attached hydrogens (tertiary/aromatic N) is 3. The van der Waals surface area contributed by atoms with Gasteiger partial charge in [0.2, 0.25) is 0 Å². The van der Waals surface area contributed by atoms with E-state index in [1.165, 1.54) is 11.1 Å². The van der Waals surface area contributed by atoms with Crippen LogP contribution >= 0.6 is 0 Å². The first-order chi connectivity index (χ1) is 12.6. The summed E-state index contributed by atoms with van der Waals surface area (Å²) in [5.74, 6) is 0. The number of hydrogen-bond donors (Lipinski definition) is 1. The summed E-state index contributed by atoms with van der Waals surface area (Å²) < 4.78 is 0. The molecule has 26 heavy (non-hydrogen) atoms. The number of aromatic nitrogens is 1. The van der Waals surface area contributed by atoms with Crippen molar-refractivity contribution in [3.8, 4) is 0 Å². The molecular weight excluding hydrogens is 320 g/mol. The minimum Gasteiger partial charge on any atom is -0.330 e. The maximum Gasteiger partial charge on any atom is 0.0573 e. The minimum atomic E-state index is 0.703. The van der Waals surface area contributed by atoms with Crippen LogP contribution in [0, 0.1) is 13.8 Å². The van der Waals surface area contributed by atoms with E-state index in [-0.39, 0.29) is 0 Å². The van der Waals surface area contributed by atoms with Crippen molar-refractivity contribution in [3.63, 3.8) is 0 Å². The van der Waals surface area contributed by atoms with Gasteiger partial charge in [-0.25, -0.2) is 0 Å². The Balaban J connectivity index is 1.95. The molecule has 0 saturated heterocycles. The van der Waals surface area contributed by atoms with Crippen molar-refractivity contribution in [1.29, 1.82) is 0 Å². The quantitative estimate of drug-likeness (QED) is 0.702. The smallest absolute Gasteiger partial charge is 0.0573 e. The summed E-state index contributed by atoms with van der Waals surface area (Å²) in [4.78, 5) is 11.5. The molecule has 4 nitrogen and oxygen atoms in total. The highest BCUT2D eigenvalue weighted by molar-refractivity contribution is 5.90. The summed E-state index contributed by atoms with van der Waals surface area (Å²) in [6, 6.07) is 10.2. The Labute approximate surface area is 156 Å². The number of pyridine rings is 1. The average molecular weight is 351 g/mol. The fourth-order valence-corrected chi connectivity index (χ4v) is 2.81. The molecule has 4 heteroatoms. The highest BCUT2D eigenvalue weighted by Crippen LogP contribution is 2.10. The van der Waals surface area contributed by atoms with Gasteiger partial charge in [0.15, 0.2) is 0 Å². The second-order valence-electron chi connectivity index (χ2n) is 6.62. The molecule has 0 aliphatic heterocycles. The molecule has 0 unspecified atom stereocenters. The molecule has 2 aromatic rings. The van der Waals surface area contributed by atoms with Gasteiger partial charge < -0.3 is 5.73 Å². The molecule has 1 aromatic carbocycles. The zero-order chi connectivity index (χ0) is 18.8. The standard InChI is InChI=1S/C22H30N4/c1-18-15-20(3)22(25-16-18)17-26(13-6-10-23)14-12-24-11-9-21-8-5-4-7-19(21)2/h4-5,7-9,11,15-16H,2,6,10,12-14,17,23H2,1,3H3/b21-9-,24-11?. The van der Waals surface area contributed by atoms with Crippen LogP contribution in [-0.2, 0) is 6.54 Å². The Hall–Kier alpha value is -2.30. The maximum atomic E-state index is 5.69. The Kier molecular flexibility index (Phi) is 8.19. The number of benzene rings is 1. The van der Waals surface area contributed by atoms with E-state index < -0.39 is 0 Å². The van der Waals surface area contributed by atoms with E-state index in [0.29, 0.717) is 6.54 Å². The molecule has 0 radical (unpaired) electrons. The Morgan fingerprint density at radius 2 is 2.04 bits per heavy atom. The van der Waals surface area contributed by atoms with E-state index in [0.717, 1.165) is 48.7 Å². The lowest BCUT2D eigenvalue weighted by molar-refractivity contribution is 0.268. The van der Waals surface area contributed by atoms with Crippen molar-refractivity contribution in [2.24, 2.45) is 10.7 Å². The second-order valence-corrected chi connectivity index (χ2v) is 6.62. The van der Waals surface area contributed by atoms with Gasteiger partial charge in [0, 0.05) is 25.5 Å².